The van der Waals surface area contributed by atoms with Gasteiger partial charge < -0.3 is 9.26 Å². The molecule has 1 aliphatic rings. The number of pyridine rings is 1. The summed E-state index contributed by atoms with van der Waals surface area (Å²) in [5.74, 6) is 2.23. The normalized spacial score (nSPS) is 15.8. The molecule has 1 aromatic carbocycles. The molecule has 0 bridgehead atoms. The molecule has 0 N–H and O–H groups in total. The predicted molar refractivity (Wildman–Crippen MR) is 92.2 cm³/mol. The number of rotatable bonds is 3. The number of methoxy groups -OCH3 is 1. The zero-order valence-corrected chi connectivity index (χ0v) is 14.1. The minimum absolute atomic E-state index is 0.391. The van der Waals surface area contributed by atoms with Gasteiger partial charge in [-0.2, -0.15) is 4.98 Å². The predicted octanol–water partition coefficient (Wildman–Crippen LogP) is 4.65. The third-order valence-corrected chi connectivity index (χ3v) is 4.77. The van der Waals surface area contributed by atoms with Crippen molar-refractivity contribution >= 4 is 10.9 Å². The first-order chi connectivity index (χ1) is 11.7. The molecule has 2 heterocycles. The summed E-state index contributed by atoms with van der Waals surface area (Å²) in [5.41, 5.74) is 2.86. The maximum absolute atomic E-state index is 5.54. The number of hydrogen-bond donors (Lipinski definition) is 0. The zero-order chi connectivity index (χ0) is 16.5. The van der Waals surface area contributed by atoms with E-state index in [1.165, 1.54) is 24.8 Å². The van der Waals surface area contributed by atoms with E-state index in [9.17, 15) is 0 Å². The molecule has 1 aliphatic carbocycles. The lowest BCUT2D eigenvalue weighted by atomic mass is 9.89. The SMILES string of the molecule is COc1nc2cc(C)ccc2cc1-c1noc(C2CCCCC2)n1. The van der Waals surface area contributed by atoms with Gasteiger partial charge in [0.2, 0.25) is 17.6 Å². The average Bonchev–Trinajstić information content (AvgIpc) is 3.11. The van der Waals surface area contributed by atoms with Crippen LogP contribution >= 0.6 is 0 Å². The highest BCUT2D eigenvalue weighted by molar-refractivity contribution is 5.85. The van der Waals surface area contributed by atoms with E-state index < -0.39 is 0 Å². The number of nitrogens with zero attached hydrogens (tertiary/aromatic N) is 3. The number of benzene rings is 1. The summed E-state index contributed by atoms with van der Waals surface area (Å²) >= 11 is 0. The third-order valence-electron chi connectivity index (χ3n) is 4.77. The Morgan fingerprint density at radius 2 is 1.92 bits per heavy atom. The van der Waals surface area contributed by atoms with Crippen LogP contribution in [0.3, 0.4) is 0 Å². The average molecular weight is 323 g/mol. The van der Waals surface area contributed by atoms with Gasteiger partial charge in [-0.15, -0.1) is 0 Å². The Morgan fingerprint density at radius 3 is 2.71 bits per heavy atom. The molecule has 0 amide bonds. The Labute approximate surface area is 141 Å². The van der Waals surface area contributed by atoms with Crippen molar-refractivity contribution in [3.05, 3.63) is 35.7 Å². The van der Waals surface area contributed by atoms with Gasteiger partial charge in [0.05, 0.1) is 18.2 Å². The second-order valence-electron chi connectivity index (χ2n) is 6.53. The molecule has 0 spiro atoms. The Balaban J connectivity index is 1.75. The van der Waals surface area contributed by atoms with Crippen molar-refractivity contribution in [2.24, 2.45) is 0 Å². The molecule has 24 heavy (non-hydrogen) atoms. The molecular formula is C19H21N3O2. The van der Waals surface area contributed by atoms with Crippen molar-refractivity contribution in [1.29, 1.82) is 0 Å². The van der Waals surface area contributed by atoms with E-state index in [2.05, 4.69) is 34.2 Å². The van der Waals surface area contributed by atoms with Crippen LogP contribution in [0.25, 0.3) is 22.3 Å². The van der Waals surface area contributed by atoms with Crippen LogP contribution in [0.5, 0.6) is 5.88 Å². The minimum Gasteiger partial charge on any atom is -0.480 e. The lowest BCUT2D eigenvalue weighted by Gasteiger charge is -2.17. The molecule has 0 radical (unpaired) electrons. The van der Waals surface area contributed by atoms with Gasteiger partial charge in [0.25, 0.3) is 0 Å². The van der Waals surface area contributed by atoms with Crippen LogP contribution in [0.4, 0.5) is 0 Å². The first-order valence-electron chi connectivity index (χ1n) is 8.54. The van der Waals surface area contributed by atoms with Crippen LogP contribution in [-0.4, -0.2) is 22.2 Å². The molecule has 5 nitrogen and oxygen atoms in total. The third kappa shape index (κ3) is 2.75. The molecular weight excluding hydrogens is 302 g/mol. The topological polar surface area (TPSA) is 61.0 Å². The van der Waals surface area contributed by atoms with E-state index in [1.807, 2.05) is 12.1 Å². The van der Waals surface area contributed by atoms with Crippen LogP contribution in [0, 0.1) is 6.92 Å². The van der Waals surface area contributed by atoms with Crippen molar-refractivity contribution in [3.63, 3.8) is 0 Å². The summed E-state index contributed by atoms with van der Waals surface area (Å²) in [7, 11) is 1.62. The van der Waals surface area contributed by atoms with E-state index in [-0.39, 0.29) is 0 Å². The van der Waals surface area contributed by atoms with E-state index in [4.69, 9.17) is 9.26 Å². The lowest BCUT2D eigenvalue weighted by Crippen LogP contribution is -2.04. The molecule has 0 unspecified atom stereocenters. The fourth-order valence-electron chi connectivity index (χ4n) is 3.44. The highest BCUT2D eigenvalue weighted by Gasteiger charge is 2.23. The summed E-state index contributed by atoms with van der Waals surface area (Å²) in [4.78, 5) is 9.25. The number of aromatic nitrogens is 3. The van der Waals surface area contributed by atoms with Gasteiger partial charge in [-0.25, -0.2) is 4.98 Å². The molecule has 3 aromatic rings. The Kier molecular flexibility index (Phi) is 3.92. The fourth-order valence-corrected chi connectivity index (χ4v) is 3.44. The molecule has 2 aromatic heterocycles. The van der Waals surface area contributed by atoms with Gasteiger partial charge in [0, 0.05) is 11.3 Å². The quantitative estimate of drug-likeness (QED) is 0.702. The van der Waals surface area contributed by atoms with Crippen molar-refractivity contribution < 1.29 is 9.26 Å². The Bertz CT molecular complexity index is 866. The van der Waals surface area contributed by atoms with E-state index in [1.54, 1.807) is 7.11 Å². The molecule has 5 heteroatoms. The van der Waals surface area contributed by atoms with Crippen LogP contribution in [-0.2, 0) is 0 Å². The van der Waals surface area contributed by atoms with Crippen LogP contribution in [0.1, 0.15) is 49.5 Å². The monoisotopic (exact) mass is 323 g/mol. The van der Waals surface area contributed by atoms with E-state index in [0.29, 0.717) is 17.6 Å². The molecule has 0 aliphatic heterocycles. The van der Waals surface area contributed by atoms with Crippen LogP contribution < -0.4 is 4.74 Å². The Hall–Kier alpha value is -2.43. The van der Waals surface area contributed by atoms with Crippen molar-refractivity contribution in [2.45, 2.75) is 44.9 Å². The van der Waals surface area contributed by atoms with Gasteiger partial charge in [-0.3, -0.25) is 0 Å². The molecule has 1 fully saturated rings. The van der Waals surface area contributed by atoms with Gasteiger partial charge in [-0.1, -0.05) is 36.6 Å². The molecule has 1 saturated carbocycles. The molecule has 0 saturated heterocycles. The lowest BCUT2D eigenvalue weighted by molar-refractivity contribution is 0.314. The first kappa shape index (κ1) is 15.1. The molecule has 4 rings (SSSR count). The molecule has 0 atom stereocenters. The second kappa shape index (κ2) is 6.23. The van der Waals surface area contributed by atoms with Gasteiger partial charge >= 0.3 is 0 Å². The first-order valence-corrected chi connectivity index (χ1v) is 8.54. The number of aryl methyl sites for hydroxylation is 1. The highest BCUT2D eigenvalue weighted by atomic mass is 16.5. The zero-order valence-electron chi connectivity index (χ0n) is 14.1. The minimum atomic E-state index is 0.391. The van der Waals surface area contributed by atoms with Crippen molar-refractivity contribution in [2.75, 3.05) is 7.11 Å². The van der Waals surface area contributed by atoms with Gasteiger partial charge in [0.1, 0.15) is 0 Å². The number of ether oxygens (including phenoxy) is 1. The largest absolute Gasteiger partial charge is 0.480 e. The van der Waals surface area contributed by atoms with Crippen LogP contribution in [0.2, 0.25) is 0 Å². The Morgan fingerprint density at radius 1 is 1.08 bits per heavy atom. The summed E-state index contributed by atoms with van der Waals surface area (Å²) in [6.45, 7) is 2.05. The summed E-state index contributed by atoms with van der Waals surface area (Å²) in [6, 6.07) is 8.20. The second-order valence-corrected chi connectivity index (χ2v) is 6.53. The summed E-state index contributed by atoms with van der Waals surface area (Å²) < 4.78 is 11.0. The maximum Gasteiger partial charge on any atom is 0.230 e. The van der Waals surface area contributed by atoms with Gasteiger partial charge in [-0.05, 0) is 37.5 Å². The number of hydrogen-bond acceptors (Lipinski definition) is 5. The smallest absolute Gasteiger partial charge is 0.230 e. The molecule has 124 valence electrons. The standard InChI is InChI=1S/C19H21N3O2/c1-12-8-9-14-11-15(19(23-2)20-16(14)10-12)17-21-18(24-22-17)13-6-4-3-5-7-13/h8-11,13H,3-7H2,1-2H3. The fraction of sp³-hybridized carbons (Fsp3) is 0.421. The van der Waals surface area contributed by atoms with E-state index >= 15 is 0 Å². The highest BCUT2D eigenvalue weighted by Crippen LogP contribution is 2.34. The van der Waals surface area contributed by atoms with Gasteiger partial charge in [0.15, 0.2) is 0 Å². The van der Waals surface area contributed by atoms with E-state index in [0.717, 1.165) is 35.2 Å². The van der Waals surface area contributed by atoms with Crippen molar-refractivity contribution in [1.82, 2.24) is 15.1 Å². The summed E-state index contributed by atoms with van der Waals surface area (Å²) in [5, 5.41) is 5.23. The van der Waals surface area contributed by atoms with Crippen molar-refractivity contribution in [3.8, 4) is 17.3 Å². The number of fused-ring (bicyclic) bond motifs is 1. The van der Waals surface area contributed by atoms with Crippen LogP contribution in [0.15, 0.2) is 28.8 Å². The summed E-state index contributed by atoms with van der Waals surface area (Å²) in [6.07, 6.45) is 6.05. The maximum atomic E-state index is 5.54.